The number of anilines is 1. The number of carbonyl (C=O) groups is 1. The first-order valence-electron chi connectivity index (χ1n) is 9.08. The third-order valence-corrected chi connectivity index (χ3v) is 5.72. The van der Waals surface area contributed by atoms with Crippen molar-refractivity contribution in [2.24, 2.45) is 5.92 Å². The molecule has 24 heavy (non-hydrogen) atoms. The minimum atomic E-state index is -0.0140. The summed E-state index contributed by atoms with van der Waals surface area (Å²) in [5, 5.41) is 0.776. The lowest BCUT2D eigenvalue weighted by Crippen LogP contribution is -2.55. The molecule has 0 N–H and O–H groups in total. The van der Waals surface area contributed by atoms with Crippen molar-refractivity contribution in [2.75, 3.05) is 44.2 Å². The highest BCUT2D eigenvalue weighted by Crippen LogP contribution is 2.22. The van der Waals surface area contributed by atoms with E-state index in [1.807, 2.05) is 18.2 Å². The van der Waals surface area contributed by atoms with Gasteiger partial charge in [-0.1, -0.05) is 24.6 Å². The van der Waals surface area contributed by atoms with E-state index in [-0.39, 0.29) is 6.04 Å². The average Bonchev–Trinajstić information content (AvgIpc) is 2.61. The van der Waals surface area contributed by atoms with Crippen molar-refractivity contribution >= 4 is 23.2 Å². The molecule has 2 fully saturated rings. The molecule has 0 bridgehead atoms. The summed E-state index contributed by atoms with van der Waals surface area (Å²) in [6.07, 6.45) is 2.28. The van der Waals surface area contributed by atoms with Gasteiger partial charge in [-0.15, -0.1) is 0 Å². The molecule has 0 spiro atoms. The van der Waals surface area contributed by atoms with Crippen LogP contribution < -0.4 is 4.90 Å². The Bertz CT molecular complexity index is 563. The van der Waals surface area contributed by atoms with Crippen molar-refractivity contribution in [1.29, 1.82) is 0 Å². The molecule has 2 aliphatic rings. The molecular weight excluding hydrogens is 322 g/mol. The van der Waals surface area contributed by atoms with E-state index in [0.717, 1.165) is 63.1 Å². The third kappa shape index (κ3) is 4.04. The summed E-state index contributed by atoms with van der Waals surface area (Å²) in [7, 11) is 0. The number of piperazine rings is 1. The Morgan fingerprint density at radius 3 is 2.42 bits per heavy atom. The van der Waals surface area contributed by atoms with Gasteiger partial charge < -0.3 is 9.80 Å². The van der Waals surface area contributed by atoms with Crippen molar-refractivity contribution in [3.05, 3.63) is 29.3 Å². The zero-order valence-electron chi connectivity index (χ0n) is 14.7. The highest BCUT2D eigenvalue weighted by Gasteiger charge is 2.30. The van der Waals surface area contributed by atoms with Crippen LogP contribution in [0, 0.1) is 5.92 Å². The molecule has 0 radical (unpaired) electrons. The fourth-order valence-corrected chi connectivity index (χ4v) is 3.87. The fraction of sp³-hybridized carbons (Fsp3) is 0.632. The lowest BCUT2D eigenvalue weighted by atomic mass is 9.98. The van der Waals surface area contributed by atoms with E-state index in [1.54, 1.807) is 0 Å². The highest BCUT2D eigenvalue weighted by molar-refractivity contribution is 6.30. The molecule has 0 aromatic heterocycles. The van der Waals surface area contributed by atoms with E-state index in [2.05, 4.69) is 34.6 Å². The number of benzene rings is 1. The van der Waals surface area contributed by atoms with Gasteiger partial charge in [0.05, 0.1) is 6.04 Å². The summed E-state index contributed by atoms with van der Waals surface area (Å²) >= 11 is 6.09. The van der Waals surface area contributed by atoms with Gasteiger partial charge >= 0.3 is 0 Å². The number of likely N-dealkylation sites (tertiary alicyclic amines) is 1. The van der Waals surface area contributed by atoms with E-state index >= 15 is 0 Å². The van der Waals surface area contributed by atoms with Crippen LogP contribution in [0.25, 0.3) is 0 Å². The third-order valence-electron chi connectivity index (χ3n) is 5.49. The van der Waals surface area contributed by atoms with Crippen LogP contribution in [0.4, 0.5) is 5.69 Å². The molecular formula is C19H28ClN3O. The molecule has 0 aliphatic carbocycles. The molecule has 1 aromatic carbocycles. The average molecular weight is 350 g/mol. The molecule has 0 saturated carbocycles. The van der Waals surface area contributed by atoms with Crippen molar-refractivity contribution < 1.29 is 4.79 Å². The summed E-state index contributed by atoms with van der Waals surface area (Å²) < 4.78 is 0. The molecule has 5 heteroatoms. The van der Waals surface area contributed by atoms with Crippen LogP contribution in [0.15, 0.2) is 24.3 Å². The van der Waals surface area contributed by atoms with Gasteiger partial charge in [-0.25, -0.2) is 0 Å². The maximum Gasteiger partial charge on any atom is 0.239 e. The van der Waals surface area contributed by atoms with Crippen LogP contribution in [-0.2, 0) is 4.79 Å². The van der Waals surface area contributed by atoms with Gasteiger partial charge in [-0.2, -0.15) is 0 Å². The van der Waals surface area contributed by atoms with Gasteiger partial charge in [0.15, 0.2) is 0 Å². The second kappa shape index (κ2) is 7.75. The number of halogens is 1. The summed E-state index contributed by atoms with van der Waals surface area (Å²) in [6.45, 7) is 9.91. The summed E-state index contributed by atoms with van der Waals surface area (Å²) in [6, 6.07) is 8.00. The molecule has 1 aromatic rings. The Morgan fingerprint density at radius 1 is 1.12 bits per heavy atom. The van der Waals surface area contributed by atoms with Gasteiger partial charge in [-0.05, 0) is 43.9 Å². The minimum Gasteiger partial charge on any atom is -0.369 e. The van der Waals surface area contributed by atoms with Gasteiger partial charge in [0.1, 0.15) is 0 Å². The molecule has 2 aliphatic heterocycles. The maximum absolute atomic E-state index is 12.8. The Labute approximate surface area is 150 Å². The van der Waals surface area contributed by atoms with Gasteiger partial charge in [-0.3, -0.25) is 9.69 Å². The van der Waals surface area contributed by atoms with E-state index in [1.165, 1.54) is 5.69 Å². The van der Waals surface area contributed by atoms with Crippen molar-refractivity contribution in [3.8, 4) is 0 Å². The highest BCUT2D eigenvalue weighted by atomic mass is 35.5. The minimum absolute atomic E-state index is 0.0140. The van der Waals surface area contributed by atoms with E-state index < -0.39 is 0 Å². The van der Waals surface area contributed by atoms with E-state index in [9.17, 15) is 4.79 Å². The number of carbonyl (C=O) groups excluding carboxylic acids is 1. The Balaban J connectivity index is 1.53. The lowest BCUT2D eigenvalue weighted by molar-refractivity contribution is -0.137. The van der Waals surface area contributed by atoms with Gasteiger partial charge in [0, 0.05) is 50.0 Å². The summed E-state index contributed by atoms with van der Waals surface area (Å²) in [5.74, 6) is 1.06. The van der Waals surface area contributed by atoms with Gasteiger partial charge in [0.25, 0.3) is 0 Å². The fourth-order valence-electron chi connectivity index (χ4n) is 3.69. The SMILES string of the molecule is CC1CCN(C(=O)C(C)N2CCN(c3cccc(Cl)c3)CC2)CC1. The molecule has 4 nitrogen and oxygen atoms in total. The summed E-state index contributed by atoms with van der Waals surface area (Å²) in [4.78, 5) is 19.5. The van der Waals surface area contributed by atoms with Crippen LogP contribution in [0.3, 0.4) is 0 Å². The molecule has 3 rings (SSSR count). The van der Waals surface area contributed by atoms with Crippen LogP contribution in [0.5, 0.6) is 0 Å². The van der Waals surface area contributed by atoms with Crippen LogP contribution >= 0.6 is 11.6 Å². The molecule has 2 saturated heterocycles. The predicted molar refractivity (Wildman–Crippen MR) is 99.7 cm³/mol. The zero-order valence-corrected chi connectivity index (χ0v) is 15.5. The van der Waals surface area contributed by atoms with Crippen molar-refractivity contribution in [3.63, 3.8) is 0 Å². The first kappa shape index (κ1) is 17.6. The molecule has 2 heterocycles. The zero-order chi connectivity index (χ0) is 17.1. The van der Waals surface area contributed by atoms with E-state index in [4.69, 9.17) is 11.6 Å². The molecule has 1 atom stereocenters. The number of piperidine rings is 1. The second-order valence-electron chi connectivity index (χ2n) is 7.19. The van der Waals surface area contributed by atoms with Crippen molar-refractivity contribution in [1.82, 2.24) is 9.80 Å². The Hall–Kier alpha value is -1.26. The first-order chi connectivity index (χ1) is 11.5. The number of hydrogen-bond donors (Lipinski definition) is 0. The normalized spacial score (nSPS) is 21.8. The topological polar surface area (TPSA) is 26.8 Å². The largest absolute Gasteiger partial charge is 0.369 e. The van der Waals surface area contributed by atoms with Crippen LogP contribution in [0.2, 0.25) is 5.02 Å². The quantitative estimate of drug-likeness (QED) is 0.839. The smallest absolute Gasteiger partial charge is 0.239 e. The monoisotopic (exact) mass is 349 g/mol. The second-order valence-corrected chi connectivity index (χ2v) is 7.62. The standard InChI is InChI=1S/C19H28ClN3O/c1-15-6-8-23(9-7-15)19(24)16(2)21-10-12-22(13-11-21)18-5-3-4-17(20)14-18/h3-5,14-16H,6-13H2,1-2H3. The number of rotatable bonds is 3. The first-order valence-corrected chi connectivity index (χ1v) is 9.46. The Morgan fingerprint density at radius 2 is 1.79 bits per heavy atom. The van der Waals surface area contributed by atoms with Gasteiger partial charge in [0.2, 0.25) is 5.91 Å². The van der Waals surface area contributed by atoms with Crippen LogP contribution in [-0.4, -0.2) is 61.0 Å². The maximum atomic E-state index is 12.8. The summed E-state index contributed by atoms with van der Waals surface area (Å²) in [5.41, 5.74) is 1.17. The van der Waals surface area contributed by atoms with Crippen LogP contribution in [0.1, 0.15) is 26.7 Å². The number of hydrogen-bond acceptors (Lipinski definition) is 3. The Kier molecular flexibility index (Phi) is 5.67. The number of nitrogens with zero attached hydrogens (tertiary/aromatic N) is 3. The molecule has 132 valence electrons. The number of amides is 1. The van der Waals surface area contributed by atoms with Crippen molar-refractivity contribution in [2.45, 2.75) is 32.7 Å². The lowest BCUT2D eigenvalue weighted by Gasteiger charge is -2.41. The van der Waals surface area contributed by atoms with E-state index in [0.29, 0.717) is 5.91 Å². The predicted octanol–water partition coefficient (Wildman–Crippen LogP) is 3.11. The molecule has 1 amide bonds. The molecule has 1 unspecified atom stereocenters.